The highest BCUT2D eigenvalue weighted by molar-refractivity contribution is 5.97. The van der Waals surface area contributed by atoms with Crippen LogP contribution < -0.4 is 21.3 Å². The minimum Gasteiger partial charge on any atom is -0.368 e. The minimum absolute atomic E-state index is 0.111. The van der Waals surface area contributed by atoms with E-state index in [1.54, 1.807) is 6.92 Å². The third-order valence-electron chi connectivity index (χ3n) is 4.78. The maximum atomic E-state index is 11.6. The summed E-state index contributed by atoms with van der Waals surface area (Å²) in [6.07, 6.45) is 1.36. The lowest BCUT2D eigenvalue weighted by atomic mass is 10.2. The van der Waals surface area contributed by atoms with Crippen LogP contribution in [0.3, 0.4) is 0 Å². The molecule has 1 aromatic carbocycles. The average Bonchev–Trinajstić information content (AvgIpc) is 2.74. The van der Waals surface area contributed by atoms with Crippen LogP contribution in [0.25, 0.3) is 4.85 Å². The second-order valence-corrected chi connectivity index (χ2v) is 6.79. The summed E-state index contributed by atoms with van der Waals surface area (Å²) in [4.78, 5) is 38.8. The van der Waals surface area contributed by atoms with Crippen LogP contribution in [-0.4, -0.2) is 66.0 Å². The van der Waals surface area contributed by atoms with Crippen molar-refractivity contribution in [2.24, 2.45) is 5.73 Å². The molecule has 0 atom stereocenters. The van der Waals surface area contributed by atoms with Crippen LogP contribution in [-0.2, 0) is 4.79 Å². The van der Waals surface area contributed by atoms with Crippen molar-refractivity contribution >= 4 is 35.0 Å². The average molecular weight is 408 g/mol. The Hall–Kier alpha value is -3.87. The van der Waals surface area contributed by atoms with E-state index in [0.29, 0.717) is 18.3 Å². The van der Waals surface area contributed by atoms with Crippen LogP contribution >= 0.6 is 0 Å². The standard InChI is InChI=1S/C20H24N8O2/c1-14(29)27-9-11-28(12-10-27)16-5-3-15(4-6-16)25-20-24-13-17(18(21)30)19(26-20)23-8-7-22-2/h3-6,13H,7-12H2,1H3,(H2,21,30)(H2,23,24,25,26). The highest BCUT2D eigenvalue weighted by Gasteiger charge is 2.18. The number of benzene rings is 1. The molecule has 0 spiro atoms. The molecule has 2 heterocycles. The molecule has 1 aliphatic rings. The van der Waals surface area contributed by atoms with Gasteiger partial charge in [0.15, 0.2) is 0 Å². The molecule has 4 N–H and O–H groups in total. The van der Waals surface area contributed by atoms with Crippen molar-refractivity contribution in [2.75, 3.05) is 54.8 Å². The van der Waals surface area contributed by atoms with Gasteiger partial charge in [0.25, 0.3) is 5.91 Å². The fourth-order valence-corrected chi connectivity index (χ4v) is 3.15. The lowest BCUT2D eigenvalue weighted by molar-refractivity contribution is -0.129. The zero-order valence-electron chi connectivity index (χ0n) is 16.8. The third kappa shape index (κ3) is 5.14. The summed E-state index contributed by atoms with van der Waals surface area (Å²) in [5.74, 6) is 0.0809. The zero-order chi connectivity index (χ0) is 21.5. The molecule has 10 heteroatoms. The third-order valence-corrected chi connectivity index (χ3v) is 4.78. The first-order valence-electron chi connectivity index (χ1n) is 9.59. The van der Waals surface area contributed by atoms with E-state index in [1.807, 2.05) is 29.2 Å². The monoisotopic (exact) mass is 408 g/mol. The van der Waals surface area contributed by atoms with Crippen LogP contribution in [0, 0.1) is 6.57 Å². The fraction of sp³-hybridized carbons (Fsp3) is 0.350. The van der Waals surface area contributed by atoms with E-state index in [1.165, 1.54) is 6.20 Å². The van der Waals surface area contributed by atoms with Crippen molar-refractivity contribution in [2.45, 2.75) is 6.92 Å². The van der Waals surface area contributed by atoms with Crippen molar-refractivity contribution < 1.29 is 9.59 Å². The molecular formula is C20H24N8O2. The predicted octanol–water partition coefficient (Wildman–Crippen LogP) is 1.32. The summed E-state index contributed by atoms with van der Waals surface area (Å²) in [6, 6.07) is 7.84. The van der Waals surface area contributed by atoms with Gasteiger partial charge in [-0.1, -0.05) is 0 Å². The summed E-state index contributed by atoms with van der Waals surface area (Å²) < 4.78 is 0. The normalized spacial score (nSPS) is 13.5. The zero-order valence-corrected chi connectivity index (χ0v) is 16.8. The number of aromatic nitrogens is 2. The molecule has 0 saturated carbocycles. The van der Waals surface area contributed by atoms with E-state index in [-0.39, 0.29) is 18.0 Å². The Morgan fingerprint density at radius 1 is 1.20 bits per heavy atom. The summed E-state index contributed by atoms with van der Waals surface area (Å²) >= 11 is 0. The second-order valence-electron chi connectivity index (χ2n) is 6.79. The Balaban J connectivity index is 1.66. The molecule has 1 fully saturated rings. The minimum atomic E-state index is -0.638. The van der Waals surface area contributed by atoms with Gasteiger partial charge in [-0.25, -0.2) is 11.6 Å². The van der Waals surface area contributed by atoms with E-state index in [2.05, 4.69) is 30.3 Å². The van der Waals surface area contributed by atoms with E-state index in [4.69, 9.17) is 12.3 Å². The molecule has 3 rings (SSSR count). The number of hydrogen-bond donors (Lipinski definition) is 3. The van der Waals surface area contributed by atoms with Gasteiger partial charge in [-0.2, -0.15) is 4.98 Å². The Kier molecular flexibility index (Phi) is 6.64. The number of hydrogen-bond acceptors (Lipinski definition) is 7. The molecule has 0 unspecified atom stereocenters. The molecule has 0 radical (unpaired) electrons. The number of nitrogens with one attached hydrogen (secondary N) is 2. The lowest BCUT2D eigenvalue weighted by Gasteiger charge is -2.35. The van der Waals surface area contributed by atoms with E-state index < -0.39 is 5.91 Å². The molecule has 30 heavy (non-hydrogen) atoms. The second kappa shape index (κ2) is 9.56. The van der Waals surface area contributed by atoms with Gasteiger partial charge in [-0.15, -0.1) is 0 Å². The SMILES string of the molecule is [C-]#[N+]CCNc1nc(Nc2ccc(N3CCN(C(C)=O)CC3)cc2)ncc1C(N)=O. The summed E-state index contributed by atoms with van der Waals surface area (Å²) in [5.41, 5.74) is 7.41. The Labute approximate surface area is 174 Å². The number of carbonyl (C=O) groups excluding carboxylic acids is 2. The summed E-state index contributed by atoms with van der Waals surface area (Å²) in [5, 5.41) is 6.05. The van der Waals surface area contributed by atoms with Gasteiger partial charge < -0.3 is 31.0 Å². The highest BCUT2D eigenvalue weighted by atomic mass is 16.2. The van der Waals surface area contributed by atoms with Gasteiger partial charge in [0.1, 0.15) is 5.82 Å². The van der Waals surface area contributed by atoms with Crippen molar-refractivity contribution in [3.63, 3.8) is 0 Å². The van der Waals surface area contributed by atoms with Crippen molar-refractivity contribution in [1.29, 1.82) is 0 Å². The fourth-order valence-electron chi connectivity index (χ4n) is 3.15. The highest BCUT2D eigenvalue weighted by Crippen LogP contribution is 2.22. The predicted molar refractivity (Wildman–Crippen MR) is 115 cm³/mol. The quantitative estimate of drug-likeness (QED) is 0.467. The van der Waals surface area contributed by atoms with Crippen LogP contribution in [0.4, 0.5) is 23.1 Å². The number of rotatable bonds is 7. The maximum Gasteiger partial charge on any atom is 0.254 e. The number of carbonyl (C=O) groups is 2. The number of primary amides is 1. The first-order chi connectivity index (χ1) is 14.5. The van der Waals surface area contributed by atoms with Crippen molar-refractivity contribution in [3.8, 4) is 0 Å². The number of amides is 2. The summed E-state index contributed by atoms with van der Waals surface area (Å²) in [6.45, 7) is 12.1. The molecule has 1 aromatic heterocycles. The molecule has 2 amide bonds. The van der Waals surface area contributed by atoms with Gasteiger partial charge >= 0.3 is 0 Å². The maximum absolute atomic E-state index is 11.6. The van der Waals surface area contributed by atoms with Crippen molar-refractivity contribution in [1.82, 2.24) is 14.9 Å². The van der Waals surface area contributed by atoms with Crippen LogP contribution in [0.2, 0.25) is 0 Å². The van der Waals surface area contributed by atoms with E-state index in [0.717, 1.165) is 37.6 Å². The molecule has 156 valence electrons. The van der Waals surface area contributed by atoms with Crippen LogP contribution in [0.15, 0.2) is 30.5 Å². The number of nitrogens with two attached hydrogens (primary N) is 1. The van der Waals surface area contributed by atoms with E-state index in [9.17, 15) is 9.59 Å². The summed E-state index contributed by atoms with van der Waals surface area (Å²) in [7, 11) is 0. The van der Waals surface area contributed by atoms with E-state index >= 15 is 0 Å². The first-order valence-corrected chi connectivity index (χ1v) is 9.59. The Bertz CT molecular complexity index is 946. The Morgan fingerprint density at radius 3 is 2.50 bits per heavy atom. The smallest absolute Gasteiger partial charge is 0.254 e. The number of piperazine rings is 1. The molecule has 1 aliphatic heterocycles. The van der Waals surface area contributed by atoms with Gasteiger partial charge in [0.05, 0.1) is 12.1 Å². The molecule has 0 bridgehead atoms. The lowest BCUT2D eigenvalue weighted by Crippen LogP contribution is -2.48. The van der Waals surface area contributed by atoms with Gasteiger partial charge in [-0.05, 0) is 24.3 Å². The molecule has 2 aromatic rings. The number of nitrogens with zero attached hydrogens (tertiary/aromatic N) is 5. The Morgan fingerprint density at radius 2 is 1.90 bits per heavy atom. The van der Waals surface area contributed by atoms with Crippen LogP contribution in [0.5, 0.6) is 0 Å². The molecule has 1 saturated heterocycles. The van der Waals surface area contributed by atoms with Gasteiger partial charge in [0.2, 0.25) is 18.4 Å². The van der Waals surface area contributed by atoms with Crippen molar-refractivity contribution in [3.05, 3.63) is 47.4 Å². The first kappa shape index (κ1) is 20.9. The van der Waals surface area contributed by atoms with Gasteiger partial charge in [-0.3, -0.25) is 9.59 Å². The van der Waals surface area contributed by atoms with Crippen LogP contribution in [0.1, 0.15) is 17.3 Å². The number of anilines is 4. The molecular weight excluding hydrogens is 384 g/mol. The molecule has 10 nitrogen and oxygen atoms in total. The molecule has 0 aliphatic carbocycles. The topological polar surface area (TPSA) is 121 Å². The largest absolute Gasteiger partial charge is 0.368 e. The van der Waals surface area contributed by atoms with Gasteiger partial charge in [0, 0.05) is 50.7 Å².